The number of nitrogens with zero attached hydrogens (tertiary/aromatic N) is 2. The summed E-state index contributed by atoms with van der Waals surface area (Å²) in [5.41, 5.74) is 3.47. The highest BCUT2D eigenvalue weighted by Gasteiger charge is 2.12. The maximum atomic E-state index is 12.1. The van der Waals surface area contributed by atoms with Crippen LogP contribution in [-0.2, 0) is 4.79 Å². The summed E-state index contributed by atoms with van der Waals surface area (Å²) in [6, 6.07) is 15.1. The summed E-state index contributed by atoms with van der Waals surface area (Å²) < 4.78 is 0. The second-order valence-corrected chi connectivity index (χ2v) is 6.89. The number of hydrogen-bond acceptors (Lipinski definition) is 3. The van der Waals surface area contributed by atoms with Crippen molar-refractivity contribution in [1.29, 1.82) is 0 Å². The van der Waals surface area contributed by atoms with Crippen LogP contribution in [0, 0.1) is 0 Å². The van der Waals surface area contributed by atoms with Crippen LogP contribution in [0.4, 0.5) is 11.4 Å². The molecule has 5 heteroatoms. The van der Waals surface area contributed by atoms with Gasteiger partial charge in [-0.05, 0) is 60.9 Å². The van der Waals surface area contributed by atoms with Crippen LogP contribution in [0.1, 0.15) is 28.8 Å². The van der Waals surface area contributed by atoms with Crippen molar-refractivity contribution in [2.75, 3.05) is 37.4 Å². The van der Waals surface area contributed by atoms with Crippen molar-refractivity contribution < 1.29 is 9.59 Å². The van der Waals surface area contributed by atoms with Crippen molar-refractivity contribution >= 4 is 29.3 Å². The summed E-state index contributed by atoms with van der Waals surface area (Å²) in [6.45, 7) is 2.21. The van der Waals surface area contributed by atoms with Gasteiger partial charge < -0.3 is 15.1 Å². The molecule has 1 aliphatic rings. The second-order valence-electron chi connectivity index (χ2n) is 6.89. The van der Waals surface area contributed by atoms with E-state index in [1.165, 1.54) is 29.5 Å². The van der Waals surface area contributed by atoms with Crippen LogP contribution in [0.25, 0.3) is 6.08 Å². The first-order valence-electron chi connectivity index (χ1n) is 9.19. The van der Waals surface area contributed by atoms with Crippen LogP contribution in [0.2, 0.25) is 0 Å². The van der Waals surface area contributed by atoms with Crippen LogP contribution in [0.5, 0.6) is 0 Å². The number of nitrogens with one attached hydrogen (secondary N) is 1. The van der Waals surface area contributed by atoms with E-state index in [2.05, 4.69) is 10.2 Å². The molecule has 5 nitrogen and oxygen atoms in total. The Bertz CT molecular complexity index is 818. The minimum Gasteiger partial charge on any atom is -0.372 e. The first kappa shape index (κ1) is 18.7. The SMILES string of the molecule is CN(C)C(=O)c1ccc(/C=C/C(=O)Nc2ccc(N3CCCC3)cc2)cc1. The lowest BCUT2D eigenvalue weighted by molar-refractivity contribution is -0.111. The molecule has 0 unspecified atom stereocenters. The molecule has 0 atom stereocenters. The first-order valence-corrected chi connectivity index (χ1v) is 9.19. The van der Waals surface area contributed by atoms with Gasteiger partial charge in [0.2, 0.25) is 5.91 Å². The number of anilines is 2. The molecule has 27 heavy (non-hydrogen) atoms. The van der Waals surface area contributed by atoms with Crippen molar-refractivity contribution in [2.45, 2.75) is 12.8 Å². The molecule has 2 aromatic carbocycles. The highest BCUT2D eigenvalue weighted by molar-refractivity contribution is 6.02. The Morgan fingerprint density at radius 2 is 1.59 bits per heavy atom. The molecule has 1 fully saturated rings. The average molecular weight is 363 g/mol. The first-order chi connectivity index (χ1) is 13.0. The Kier molecular flexibility index (Phi) is 5.91. The molecule has 0 aromatic heterocycles. The maximum absolute atomic E-state index is 12.1. The summed E-state index contributed by atoms with van der Waals surface area (Å²) in [4.78, 5) is 27.9. The Morgan fingerprint density at radius 3 is 2.19 bits per heavy atom. The lowest BCUT2D eigenvalue weighted by Crippen LogP contribution is -2.21. The molecule has 1 saturated heterocycles. The second kappa shape index (κ2) is 8.54. The third kappa shape index (κ3) is 4.97. The lowest BCUT2D eigenvalue weighted by Gasteiger charge is -2.17. The molecule has 1 N–H and O–H groups in total. The zero-order chi connectivity index (χ0) is 19.2. The average Bonchev–Trinajstić information content (AvgIpc) is 3.21. The monoisotopic (exact) mass is 363 g/mol. The number of carbonyl (C=O) groups is 2. The van der Waals surface area contributed by atoms with E-state index in [0.29, 0.717) is 5.56 Å². The fourth-order valence-corrected chi connectivity index (χ4v) is 3.08. The van der Waals surface area contributed by atoms with Gasteiger partial charge in [0, 0.05) is 50.2 Å². The van der Waals surface area contributed by atoms with Crippen LogP contribution in [0.3, 0.4) is 0 Å². The molecule has 1 aliphatic heterocycles. The van der Waals surface area contributed by atoms with Gasteiger partial charge in [-0.3, -0.25) is 9.59 Å². The van der Waals surface area contributed by atoms with E-state index in [-0.39, 0.29) is 11.8 Å². The van der Waals surface area contributed by atoms with E-state index in [1.807, 2.05) is 36.4 Å². The Hall–Kier alpha value is -3.08. The molecule has 140 valence electrons. The zero-order valence-corrected chi connectivity index (χ0v) is 15.8. The van der Waals surface area contributed by atoms with Crippen molar-refractivity contribution in [2.24, 2.45) is 0 Å². The van der Waals surface area contributed by atoms with E-state index in [0.717, 1.165) is 24.3 Å². The zero-order valence-electron chi connectivity index (χ0n) is 15.8. The molecule has 1 heterocycles. The summed E-state index contributed by atoms with van der Waals surface area (Å²) in [5.74, 6) is -0.224. The predicted octanol–water partition coefficient (Wildman–Crippen LogP) is 3.64. The molecule has 0 saturated carbocycles. The molecular weight excluding hydrogens is 338 g/mol. The van der Waals surface area contributed by atoms with Gasteiger partial charge in [-0.15, -0.1) is 0 Å². The topological polar surface area (TPSA) is 52.7 Å². The number of carbonyl (C=O) groups excluding carboxylic acids is 2. The van der Waals surface area contributed by atoms with Gasteiger partial charge in [0.1, 0.15) is 0 Å². The number of rotatable bonds is 5. The van der Waals surface area contributed by atoms with Crippen molar-refractivity contribution in [3.63, 3.8) is 0 Å². The minimum absolute atomic E-state index is 0.0411. The molecule has 2 aromatic rings. The molecule has 3 rings (SSSR count). The molecule has 0 spiro atoms. The van der Waals surface area contributed by atoms with Crippen LogP contribution < -0.4 is 10.2 Å². The van der Waals surface area contributed by atoms with Gasteiger partial charge in [0.25, 0.3) is 5.91 Å². The third-order valence-corrected chi connectivity index (χ3v) is 4.60. The number of benzene rings is 2. The summed E-state index contributed by atoms with van der Waals surface area (Å²) in [5, 5.41) is 2.87. The fraction of sp³-hybridized carbons (Fsp3) is 0.273. The molecule has 0 bridgehead atoms. The predicted molar refractivity (Wildman–Crippen MR) is 110 cm³/mol. The summed E-state index contributed by atoms with van der Waals surface area (Å²) in [7, 11) is 3.44. The minimum atomic E-state index is -0.183. The standard InChI is InChI=1S/C22H25N3O2/c1-24(2)22(27)18-8-5-17(6-9-18)7-14-21(26)23-19-10-12-20(13-11-19)25-15-3-4-16-25/h5-14H,3-4,15-16H2,1-2H3,(H,23,26)/b14-7+. The van der Waals surface area contributed by atoms with E-state index < -0.39 is 0 Å². The third-order valence-electron chi connectivity index (χ3n) is 4.60. The Balaban J connectivity index is 1.56. The van der Waals surface area contributed by atoms with Gasteiger partial charge >= 0.3 is 0 Å². The largest absolute Gasteiger partial charge is 0.372 e. The Morgan fingerprint density at radius 1 is 0.963 bits per heavy atom. The van der Waals surface area contributed by atoms with Gasteiger partial charge in [-0.1, -0.05) is 12.1 Å². The summed E-state index contributed by atoms with van der Waals surface area (Å²) >= 11 is 0. The van der Waals surface area contributed by atoms with Crippen molar-refractivity contribution in [1.82, 2.24) is 4.90 Å². The maximum Gasteiger partial charge on any atom is 0.253 e. The van der Waals surface area contributed by atoms with Crippen LogP contribution >= 0.6 is 0 Å². The van der Waals surface area contributed by atoms with Crippen molar-refractivity contribution in [3.8, 4) is 0 Å². The highest BCUT2D eigenvalue weighted by Crippen LogP contribution is 2.22. The van der Waals surface area contributed by atoms with Crippen LogP contribution in [0.15, 0.2) is 54.6 Å². The Labute approximate surface area is 160 Å². The fourth-order valence-electron chi connectivity index (χ4n) is 3.08. The van der Waals surface area contributed by atoms with Crippen LogP contribution in [-0.4, -0.2) is 43.9 Å². The van der Waals surface area contributed by atoms with E-state index >= 15 is 0 Å². The van der Waals surface area contributed by atoms with E-state index in [4.69, 9.17) is 0 Å². The molecule has 0 radical (unpaired) electrons. The lowest BCUT2D eigenvalue weighted by atomic mass is 10.1. The molecule has 2 amide bonds. The normalized spacial score (nSPS) is 13.8. The molecule has 0 aliphatic carbocycles. The number of amides is 2. The number of hydrogen-bond donors (Lipinski definition) is 1. The van der Waals surface area contributed by atoms with Gasteiger partial charge in [-0.2, -0.15) is 0 Å². The van der Waals surface area contributed by atoms with Gasteiger partial charge in [-0.25, -0.2) is 0 Å². The van der Waals surface area contributed by atoms with Gasteiger partial charge in [0.15, 0.2) is 0 Å². The van der Waals surface area contributed by atoms with E-state index in [1.54, 1.807) is 32.3 Å². The summed E-state index contributed by atoms with van der Waals surface area (Å²) in [6.07, 6.45) is 5.72. The van der Waals surface area contributed by atoms with Crippen molar-refractivity contribution in [3.05, 3.63) is 65.7 Å². The van der Waals surface area contributed by atoms with E-state index in [9.17, 15) is 9.59 Å². The highest BCUT2D eigenvalue weighted by atomic mass is 16.2. The smallest absolute Gasteiger partial charge is 0.253 e. The quantitative estimate of drug-likeness (QED) is 0.825. The van der Waals surface area contributed by atoms with Gasteiger partial charge in [0.05, 0.1) is 0 Å². The molecular formula is C22H25N3O2.